The molecule has 0 radical (unpaired) electrons. The van der Waals surface area contributed by atoms with Crippen molar-refractivity contribution in [1.82, 2.24) is 0 Å². The lowest BCUT2D eigenvalue weighted by atomic mass is 10.0. The second kappa shape index (κ2) is 8.52. The van der Waals surface area contributed by atoms with Crippen LogP contribution in [-0.4, -0.2) is 48.4 Å². The van der Waals surface area contributed by atoms with Gasteiger partial charge in [0.1, 0.15) is 35.9 Å². The SMILES string of the molecule is CC1(C)O[C@H]2[C@@H]([C@H]3COC(C)(C)O3)OP(=O)(c3ccccc3)[C@@H](Oc3ccc(N=O)cc3)[C@H]2O1. The van der Waals surface area contributed by atoms with Crippen molar-refractivity contribution >= 4 is 18.4 Å². The summed E-state index contributed by atoms with van der Waals surface area (Å²) in [7, 11) is -3.68. The quantitative estimate of drug-likeness (QED) is 0.448. The largest absolute Gasteiger partial charge is 0.477 e. The third-order valence-corrected chi connectivity index (χ3v) is 8.74. The fourth-order valence-corrected chi connectivity index (χ4v) is 7.27. The summed E-state index contributed by atoms with van der Waals surface area (Å²) in [5.74, 6) is -2.34. The summed E-state index contributed by atoms with van der Waals surface area (Å²) < 4.78 is 51.8. The number of hydrogen-bond acceptors (Lipinski definition) is 9. The van der Waals surface area contributed by atoms with E-state index >= 15 is 0 Å². The topological polar surface area (TPSA) is 102 Å². The predicted molar refractivity (Wildman–Crippen MR) is 124 cm³/mol. The van der Waals surface area contributed by atoms with Gasteiger partial charge in [0.15, 0.2) is 11.6 Å². The molecule has 3 aliphatic rings. The number of benzene rings is 2. The van der Waals surface area contributed by atoms with Crippen molar-refractivity contribution in [3.05, 3.63) is 59.5 Å². The fourth-order valence-electron chi connectivity index (χ4n) is 4.65. The van der Waals surface area contributed by atoms with Gasteiger partial charge in [0.25, 0.3) is 7.37 Å². The predicted octanol–water partition coefficient (Wildman–Crippen LogP) is 4.46. The van der Waals surface area contributed by atoms with Crippen molar-refractivity contribution in [3.8, 4) is 5.75 Å². The van der Waals surface area contributed by atoms with Gasteiger partial charge in [-0.15, -0.1) is 4.91 Å². The normalized spacial score (nSPS) is 36.1. The summed E-state index contributed by atoms with van der Waals surface area (Å²) in [6.07, 6.45) is -2.53. The minimum atomic E-state index is -3.68. The Morgan fingerprint density at radius 3 is 2.18 bits per heavy atom. The third-order valence-electron chi connectivity index (χ3n) is 6.09. The summed E-state index contributed by atoms with van der Waals surface area (Å²) in [4.78, 5) is 10.8. The van der Waals surface area contributed by atoms with E-state index in [1.54, 1.807) is 50.2 Å². The number of nitroso groups, excluding NO2 is 1. The molecule has 10 heteroatoms. The van der Waals surface area contributed by atoms with Gasteiger partial charge in [-0.2, -0.15) is 0 Å². The molecule has 0 spiro atoms. The standard InChI is InChI=1S/C24H28NO8P/c1-23(2)28-14-18(30-23)19-20-21(32-24(3,4)31-20)22(29-16-12-10-15(25-26)11-13-16)34(27,33-19)17-8-6-5-7-9-17/h5-13,18-22H,14H2,1-4H3/t18-,19-,20+,21+,22-,34?/m1/s1. The molecule has 1 unspecified atom stereocenters. The molecule has 0 amide bonds. The molecule has 9 nitrogen and oxygen atoms in total. The first kappa shape index (κ1) is 23.6. The van der Waals surface area contributed by atoms with Crippen LogP contribution in [0.4, 0.5) is 5.69 Å². The maximum absolute atomic E-state index is 14.7. The Bertz CT molecular complexity index is 1090. The summed E-state index contributed by atoms with van der Waals surface area (Å²) in [5, 5.41) is 3.42. The van der Waals surface area contributed by atoms with E-state index in [9.17, 15) is 9.47 Å². The molecule has 34 heavy (non-hydrogen) atoms. The first-order valence-corrected chi connectivity index (χ1v) is 12.9. The Labute approximate surface area is 198 Å². The van der Waals surface area contributed by atoms with Gasteiger partial charge in [-0.05, 0) is 69.3 Å². The Kier molecular flexibility index (Phi) is 5.91. The highest BCUT2D eigenvalue weighted by molar-refractivity contribution is 7.67. The van der Waals surface area contributed by atoms with Crippen LogP contribution < -0.4 is 10.0 Å². The van der Waals surface area contributed by atoms with Crippen LogP contribution in [-0.2, 0) is 28.0 Å². The Hall–Kier alpha value is -2.13. The second-order valence-corrected chi connectivity index (χ2v) is 12.0. The molecule has 0 aromatic heterocycles. The first-order valence-electron chi connectivity index (χ1n) is 11.2. The van der Waals surface area contributed by atoms with Gasteiger partial charge in [-0.25, -0.2) is 0 Å². The second-order valence-electron chi connectivity index (χ2n) is 9.53. The van der Waals surface area contributed by atoms with E-state index in [1.807, 2.05) is 19.9 Å². The van der Waals surface area contributed by atoms with Crippen LogP contribution in [0, 0.1) is 4.91 Å². The van der Waals surface area contributed by atoms with Crippen molar-refractivity contribution in [2.75, 3.05) is 6.61 Å². The smallest absolute Gasteiger partial charge is 0.274 e. The van der Waals surface area contributed by atoms with Crippen LogP contribution >= 0.6 is 7.37 Å². The average molecular weight is 489 g/mol. The summed E-state index contributed by atoms with van der Waals surface area (Å²) in [6.45, 7) is 7.51. The van der Waals surface area contributed by atoms with Crippen LogP contribution in [0.5, 0.6) is 5.75 Å². The first-order chi connectivity index (χ1) is 16.1. The molecule has 3 aliphatic heterocycles. The van der Waals surface area contributed by atoms with Crippen LogP contribution in [0.15, 0.2) is 59.8 Å². The Balaban J connectivity index is 1.57. The van der Waals surface area contributed by atoms with Gasteiger partial charge in [-0.3, -0.25) is 4.57 Å². The highest BCUT2D eigenvalue weighted by Gasteiger charge is 2.64. The van der Waals surface area contributed by atoms with Crippen molar-refractivity contribution in [3.63, 3.8) is 0 Å². The number of nitrogens with zero attached hydrogens (tertiary/aromatic N) is 1. The highest BCUT2D eigenvalue weighted by atomic mass is 31.2. The van der Waals surface area contributed by atoms with E-state index < -0.39 is 49.2 Å². The number of fused-ring (bicyclic) bond motifs is 1. The molecule has 182 valence electrons. The monoisotopic (exact) mass is 489 g/mol. The third kappa shape index (κ3) is 4.33. The van der Waals surface area contributed by atoms with Gasteiger partial charge < -0.3 is 28.2 Å². The lowest BCUT2D eigenvalue weighted by Crippen LogP contribution is -2.56. The van der Waals surface area contributed by atoms with Gasteiger partial charge in [0.05, 0.1) is 6.61 Å². The van der Waals surface area contributed by atoms with Crippen molar-refractivity contribution in [1.29, 1.82) is 0 Å². The zero-order chi connectivity index (χ0) is 24.1. The van der Waals surface area contributed by atoms with Crippen molar-refractivity contribution < 1.29 is 32.8 Å². The summed E-state index contributed by atoms with van der Waals surface area (Å²) in [5.41, 5.74) is 0.263. The van der Waals surface area contributed by atoms with Crippen LogP contribution in [0.1, 0.15) is 27.7 Å². The average Bonchev–Trinajstić information content (AvgIpc) is 3.34. The van der Waals surface area contributed by atoms with E-state index in [1.165, 1.54) is 12.1 Å². The molecule has 0 aliphatic carbocycles. The number of rotatable bonds is 5. The zero-order valence-corrected chi connectivity index (χ0v) is 20.3. The molecule has 3 fully saturated rings. The minimum Gasteiger partial charge on any atom is -0.477 e. The molecule has 0 saturated carbocycles. The molecule has 0 bridgehead atoms. The summed E-state index contributed by atoms with van der Waals surface area (Å²) >= 11 is 0. The molecule has 3 heterocycles. The fraction of sp³-hybridized carbons (Fsp3) is 0.500. The summed E-state index contributed by atoms with van der Waals surface area (Å²) in [6, 6.07) is 15.2. The Morgan fingerprint density at radius 2 is 1.56 bits per heavy atom. The van der Waals surface area contributed by atoms with Crippen molar-refractivity contribution in [2.45, 2.75) is 69.5 Å². The molecular formula is C24H28NO8P. The van der Waals surface area contributed by atoms with Gasteiger partial charge in [0.2, 0.25) is 5.85 Å². The Morgan fingerprint density at radius 1 is 0.882 bits per heavy atom. The molecule has 3 saturated heterocycles. The molecule has 5 rings (SSSR count). The van der Waals surface area contributed by atoms with E-state index in [0.717, 1.165) is 0 Å². The van der Waals surface area contributed by atoms with Gasteiger partial charge in [-0.1, -0.05) is 18.2 Å². The van der Waals surface area contributed by atoms with Crippen LogP contribution in [0.2, 0.25) is 0 Å². The molecular weight excluding hydrogens is 461 g/mol. The lowest BCUT2D eigenvalue weighted by molar-refractivity contribution is -0.174. The van der Waals surface area contributed by atoms with E-state index in [4.69, 9.17) is 28.2 Å². The van der Waals surface area contributed by atoms with Crippen LogP contribution in [0.3, 0.4) is 0 Å². The zero-order valence-electron chi connectivity index (χ0n) is 19.5. The van der Waals surface area contributed by atoms with Gasteiger partial charge >= 0.3 is 0 Å². The molecule has 2 aromatic rings. The minimum absolute atomic E-state index is 0.263. The van der Waals surface area contributed by atoms with Gasteiger partial charge in [0, 0.05) is 5.30 Å². The molecule has 2 aromatic carbocycles. The maximum atomic E-state index is 14.7. The van der Waals surface area contributed by atoms with E-state index in [0.29, 0.717) is 11.1 Å². The van der Waals surface area contributed by atoms with Crippen LogP contribution in [0.25, 0.3) is 0 Å². The molecule has 6 atom stereocenters. The number of hydrogen-bond donors (Lipinski definition) is 0. The lowest BCUT2D eigenvalue weighted by Gasteiger charge is -2.43. The van der Waals surface area contributed by atoms with E-state index in [2.05, 4.69) is 5.18 Å². The number of ether oxygens (including phenoxy) is 5. The van der Waals surface area contributed by atoms with E-state index in [-0.39, 0.29) is 12.3 Å². The maximum Gasteiger partial charge on any atom is 0.274 e. The molecule has 0 N–H and O–H groups in total. The van der Waals surface area contributed by atoms with Crippen molar-refractivity contribution in [2.24, 2.45) is 5.18 Å². The highest BCUT2D eigenvalue weighted by Crippen LogP contribution is 2.61.